The normalized spacial score (nSPS) is 12.3. The second kappa shape index (κ2) is 6.73. The monoisotopic (exact) mass is 375 g/mol. The first-order valence-electron chi connectivity index (χ1n) is 6.15. The summed E-state index contributed by atoms with van der Waals surface area (Å²) in [6, 6.07) is 6.65. The van der Waals surface area contributed by atoms with E-state index in [0.717, 1.165) is 0 Å². The fraction of sp³-hybridized carbons (Fsp3) is 0.200. The molecule has 0 bridgehead atoms. The molecule has 21 heavy (non-hydrogen) atoms. The topological polar surface area (TPSA) is 35.2 Å². The summed E-state index contributed by atoms with van der Waals surface area (Å²) in [5.41, 5.74) is 7.01. The predicted molar refractivity (Wildman–Crippen MR) is 82.7 cm³/mol. The maximum atomic E-state index is 13.8. The molecule has 0 saturated carbocycles. The lowest BCUT2D eigenvalue weighted by atomic mass is 9.98. The maximum absolute atomic E-state index is 13.8. The Bertz CT molecular complexity index is 646. The molecule has 0 amide bonds. The standard InChI is InChI=1S/C15H13BrClF2NO/c1-21-15-7-13(19)10(16)5-9(15)14(20)6-8-11(17)3-2-4-12(8)18/h2-5,7,14H,6,20H2,1H3. The molecule has 1 unspecified atom stereocenters. The van der Waals surface area contributed by atoms with Gasteiger partial charge in [-0.05, 0) is 40.5 Å². The molecule has 2 nitrogen and oxygen atoms in total. The van der Waals surface area contributed by atoms with Crippen LogP contribution in [-0.4, -0.2) is 7.11 Å². The van der Waals surface area contributed by atoms with Crippen molar-refractivity contribution in [2.24, 2.45) is 5.73 Å². The summed E-state index contributed by atoms with van der Waals surface area (Å²) >= 11 is 9.10. The number of hydrogen-bond donors (Lipinski definition) is 1. The van der Waals surface area contributed by atoms with E-state index in [2.05, 4.69) is 15.9 Å². The number of benzene rings is 2. The summed E-state index contributed by atoms with van der Waals surface area (Å²) in [5.74, 6) is -0.555. The summed E-state index contributed by atoms with van der Waals surface area (Å²) in [5, 5.41) is 0.311. The smallest absolute Gasteiger partial charge is 0.141 e. The van der Waals surface area contributed by atoms with E-state index < -0.39 is 17.7 Å². The molecule has 0 aromatic heterocycles. The van der Waals surface area contributed by atoms with Gasteiger partial charge in [0.1, 0.15) is 17.4 Å². The average molecular weight is 377 g/mol. The summed E-state index contributed by atoms with van der Waals surface area (Å²) in [7, 11) is 1.43. The lowest BCUT2D eigenvalue weighted by Gasteiger charge is -2.17. The van der Waals surface area contributed by atoms with Crippen molar-refractivity contribution in [2.45, 2.75) is 12.5 Å². The van der Waals surface area contributed by atoms with Crippen molar-refractivity contribution < 1.29 is 13.5 Å². The van der Waals surface area contributed by atoms with Crippen LogP contribution in [0.2, 0.25) is 5.02 Å². The lowest BCUT2D eigenvalue weighted by molar-refractivity contribution is 0.401. The molecular formula is C15H13BrClF2NO. The third kappa shape index (κ3) is 3.54. The molecular weight excluding hydrogens is 364 g/mol. The van der Waals surface area contributed by atoms with Gasteiger partial charge in [-0.1, -0.05) is 17.7 Å². The summed E-state index contributed by atoms with van der Waals surface area (Å²) in [6.07, 6.45) is 0.180. The Kier molecular flexibility index (Phi) is 5.19. The van der Waals surface area contributed by atoms with Gasteiger partial charge in [0.25, 0.3) is 0 Å². The number of methoxy groups -OCH3 is 1. The third-order valence-corrected chi connectivity index (χ3v) is 4.12. The molecule has 0 saturated heterocycles. The van der Waals surface area contributed by atoms with Crippen molar-refractivity contribution >= 4 is 27.5 Å². The number of ether oxygens (including phenoxy) is 1. The molecule has 2 aromatic rings. The molecule has 0 heterocycles. The fourth-order valence-corrected chi connectivity index (χ4v) is 2.67. The van der Waals surface area contributed by atoms with Crippen LogP contribution in [-0.2, 0) is 6.42 Å². The van der Waals surface area contributed by atoms with Gasteiger partial charge in [0.05, 0.1) is 11.6 Å². The Morgan fingerprint density at radius 2 is 2.00 bits per heavy atom. The minimum atomic E-state index is -0.578. The van der Waals surface area contributed by atoms with Crippen LogP contribution < -0.4 is 10.5 Å². The molecule has 2 rings (SSSR count). The molecule has 2 N–H and O–H groups in total. The highest BCUT2D eigenvalue weighted by molar-refractivity contribution is 9.10. The van der Waals surface area contributed by atoms with Gasteiger partial charge in [0.15, 0.2) is 0 Å². The van der Waals surface area contributed by atoms with Gasteiger partial charge >= 0.3 is 0 Å². The lowest BCUT2D eigenvalue weighted by Crippen LogP contribution is -2.16. The second-order valence-electron chi connectivity index (χ2n) is 4.52. The van der Waals surface area contributed by atoms with Gasteiger partial charge in [-0.15, -0.1) is 0 Å². The zero-order valence-electron chi connectivity index (χ0n) is 11.2. The number of nitrogens with two attached hydrogens (primary N) is 1. The Hall–Kier alpha value is -1.17. The van der Waals surface area contributed by atoms with Crippen LogP contribution in [0.1, 0.15) is 17.2 Å². The van der Waals surface area contributed by atoms with Crippen LogP contribution >= 0.6 is 27.5 Å². The molecule has 1 atom stereocenters. The van der Waals surface area contributed by atoms with Crippen LogP contribution in [0.15, 0.2) is 34.8 Å². The molecule has 2 aromatic carbocycles. The van der Waals surface area contributed by atoms with Crippen molar-refractivity contribution in [3.63, 3.8) is 0 Å². The van der Waals surface area contributed by atoms with Crippen molar-refractivity contribution in [3.8, 4) is 5.75 Å². The fourth-order valence-electron chi connectivity index (χ4n) is 2.07. The van der Waals surface area contributed by atoms with Crippen LogP contribution in [0, 0.1) is 11.6 Å². The second-order valence-corrected chi connectivity index (χ2v) is 5.78. The molecule has 0 spiro atoms. The number of halogens is 4. The van der Waals surface area contributed by atoms with E-state index in [-0.39, 0.29) is 10.9 Å². The Balaban J connectivity index is 2.37. The average Bonchev–Trinajstić information content (AvgIpc) is 2.45. The molecule has 0 aliphatic rings. The van der Waals surface area contributed by atoms with Gasteiger partial charge in [-0.2, -0.15) is 0 Å². The van der Waals surface area contributed by atoms with Gasteiger partial charge < -0.3 is 10.5 Å². The largest absolute Gasteiger partial charge is 0.496 e. The van der Waals surface area contributed by atoms with Crippen molar-refractivity contribution in [1.29, 1.82) is 0 Å². The Morgan fingerprint density at radius 1 is 1.29 bits per heavy atom. The van der Waals surface area contributed by atoms with Gasteiger partial charge in [-0.3, -0.25) is 0 Å². The van der Waals surface area contributed by atoms with Gasteiger partial charge in [0, 0.05) is 28.3 Å². The van der Waals surface area contributed by atoms with Crippen molar-refractivity contribution in [1.82, 2.24) is 0 Å². The van der Waals surface area contributed by atoms with E-state index in [0.29, 0.717) is 21.9 Å². The van der Waals surface area contributed by atoms with E-state index >= 15 is 0 Å². The Labute approximate surface area is 135 Å². The molecule has 6 heteroatoms. The van der Waals surface area contributed by atoms with E-state index in [1.165, 1.54) is 31.4 Å². The van der Waals surface area contributed by atoms with Crippen molar-refractivity contribution in [2.75, 3.05) is 7.11 Å². The zero-order chi connectivity index (χ0) is 15.6. The molecule has 0 aliphatic carbocycles. The highest BCUT2D eigenvalue weighted by atomic mass is 79.9. The Morgan fingerprint density at radius 3 is 2.62 bits per heavy atom. The van der Waals surface area contributed by atoms with E-state index in [9.17, 15) is 8.78 Å². The highest BCUT2D eigenvalue weighted by Gasteiger charge is 2.18. The van der Waals surface area contributed by atoms with E-state index in [1.807, 2.05) is 0 Å². The first kappa shape index (κ1) is 16.2. The van der Waals surface area contributed by atoms with Crippen LogP contribution in [0.4, 0.5) is 8.78 Å². The molecule has 0 fully saturated rings. The van der Waals surface area contributed by atoms with Crippen LogP contribution in [0.5, 0.6) is 5.75 Å². The number of rotatable bonds is 4. The summed E-state index contributed by atoms with van der Waals surface area (Å²) < 4.78 is 32.7. The first-order valence-corrected chi connectivity index (χ1v) is 7.32. The minimum absolute atomic E-state index is 0.180. The quantitative estimate of drug-likeness (QED) is 0.844. The third-order valence-electron chi connectivity index (χ3n) is 3.16. The first-order chi connectivity index (χ1) is 9.93. The van der Waals surface area contributed by atoms with Crippen LogP contribution in [0.3, 0.4) is 0 Å². The van der Waals surface area contributed by atoms with Gasteiger partial charge in [-0.25, -0.2) is 8.78 Å². The number of hydrogen-bond acceptors (Lipinski definition) is 2. The molecule has 112 valence electrons. The van der Waals surface area contributed by atoms with Gasteiger partial charge in [0.2, 0.25) is 0 Å². The summed E-state index contributed by atoms with van der Waals surface area (Å²) in [4.78, 5) is 0. The summed E-state index contributed by atoms with van der Waals surface area (Å²) in [6.45, 7) is 0. The maximum Gasteiger partial charge on any atom is 0.141 e. The highest BCUT2D eigenvalue weighted by Crippen LogP contribution is 2.33. The molecule has 0 aliphatic heterocycles. The molecule has 0 radical (unpaired) electrons. The van der Waals surface area contributed by atoms with Crippen LogP contribution in [0.25, 0.3) is 0 Å². The minimum Gasteiger partial charge on any atom is -0.496 e. The van der Waals surface area contributed by atoms with E-state index in [1.54, 1.807) is 6.07 Å². The SMILES string of the molecule is COc1cc(F)c(Br)cc1C(N)Cc1c(F)cccc1Cl. The predicted octanol–water partition coefficient (Wildman–Crippen LogP) is 4.63. The zero-order valence-corrected chi connectivity index (χ0v) is 13.5. The van der Waals surface area contributed by atoms with Crippen molar-refractivity contribution in [3.05, 3.63) is 62.6 Å². The van der Waals surface area contributed by atoms with E-state index in [4.69, 9.17) is 22.1 Å².